The van der Waals surface area contributed by atoms with Gasteiger partial charge in [0.1, 0.15) is 0 Å². The summed E-state index contributed by atoms with van der Waals surface area (Å²) in [5.74, 6) is -0.141. The first-order valence-corrected chi connectivity index (χ1v) is 9.69. The van der Waals surface area contributed by atoms with Crippen LogP contribution in [0.2, 0.25) is 0 Å². The van der Waals surface area contributed by atoms with Gasteiger partial charge < -0.3 is 11.1 Å². The molecule has 1 heterocycles. The fraction of sp³-hybridized carbons (Fsp3) is 0.120. The average Bonchev–Trinajstić information content (AvgIpc) is 2.74. The van der Waals surface area contributed by atoms with Crippen molar-refractivity contribution >= 4 is 28.2 Å². The number of carbonyl (C=O) groups is 1. The minimum atomic E-state index is -0.141. The number of pyridine rings is 1. The second kappa shape index (κ2) is 8.15. The lowest BCUT2D eigenvalue weighted by molar-refractivity contribution is 0.102. The first-order chi connectivity index (χ1) is 14.1. The van der Waals surface area contributed by atoms with Crippen LogP contribution in [0, 0.1) is 6.92 Å². The van der Waals surface area contributed by atoms with Crippen molar-refractivity contribution in [3.63, 3.8) is 0 Å². The summed E-state index contributed by atoms with van der Waals surface area (Å²) in [6.07, 6.45) is 1.93. The first kappa shape index (κ1) is 18.7. The van der Waals surface area contributed by atoms with E-state index in [1.54, 1.807) is 0 Å². The van der Waals surface area contributed by atoms with Crippen molar-refractivity contribution in [2.75, 3.05) is 11.1 Å². The molecule has 3 N–H and O–H groups in total. The maximum Gasteiger partial charge on any atom is 0.255 e. The normalized spacial score (nSPS) is 10.8. The number of carbonyl (C=O) groups excluding carboxylic acids is 1. The molecule has 3 aromatic carbocycles. The van der Waals surface area contributed by atoms with Crippen molar-refractivity contribution < 1.29 is 4.79 Å². The number of amides is 1. The molecule has 0 aliphatic carbocycles. The van der Waals surface area contributed by atoms with Crippen molar-refractivity contribution in [2.24, 2.45) is 0 Å². The van der Waals surface area contributed by atoms with Crippen molar-refractivity contribution in [3.8, 4) is 0 Å². The van der Waals surface area contributed by atoms with Gasteiger partial charge in [0, 0.05) is 28.0 Å². The summed E-state index contributed by atoms with van der Waals surface area (Å²) >= 11 is 0. The Bertz CT molecular complexity index is 1150. The molecule has 0 bridgehead atoms. The van der Waals surface area contributed by atoms with E-state index in [1.807, 2.05) is 61.5 Å². The Morgan fingerprint density at radius 2 is 1.59 bits per heavy atom. The number of fused-ring (bicyclic) bond motifs is 1. The van der Waals surface area contributed by atoms with Crippen LogP contribution >= 0.6 is 0 Å². The van der Waals surface area contributed by atoms with E-state index in [2.05, 4.69) is 34.6 Å². The molecule has 4 rings (SSSR count). The Balaban J connectivity index is 1.44. The van der Waals surface area contributed by atoms with Gasteiger partial charge in [0.2, 0.25) is 0 Å². The number of benzene rings is 3. The van der Waals surface area contributed by atoms with E-state index in [0.717, 1.165) is 29.4 Å². The number of nitrogens with one attached hydrogen (secondary N) is 1. The van der Waals surface area contributed by atoms with Crippen LogP contribution < -0.4 is 11.1 Å². The third-order valence-electron chi connectivity index (χ3n) is 4.99. The van der Waals surface area contributed by atoms with Crippen molar-refractivity contribution in [1.82, 2.24) is 4.98 Å². The lowest BCUT2D eigenvalue weighted by Crippen LogP contribution is -2.12. The Morgan fingerprint density at radius 3 is 2.31 bits per heavy atom. The van der Waals surface area contributed by atoms with E-state index in [9.17, 15) is 4.79 Å². The lowest BCUT2D eigenvalue weighted by Gasteiger charge is -2.09. The highest BCUT2D eigenvalue weighted by Crippen LogP contribution is 2.24. The molecule has 4 aromatic rings. The van der Waals surface area contributed by atoms with Crippen molar-refractivity contribution in [3.05, 3.63) is 101 Å². The minimum Gasteiger partial charge on any atom is -0.398 e. The predicted molar refractivity (Wildman–Crippen MR) is 119 cm³/mol. The van der Waals surface area contributed by atoms with Gasteiger partial charge in [-0.1, -0.05) is 42.5 Å². The smallest absolute Gasteiger partial charge is 0.255 e. The molecule has 4 heteroatoms. The number of nitrogens with zero attached hydrogens (tertiary/aromatic N) is 1. The molecule has 0 saturated carbocycles. The number of nitrogen functional groups attached to an aromatic ring is 1. The molecule has 0 atom stereocenters. The van der Waals surface area contributed by atoms with Crippen LogP contribution in [0.5, 0.6) is 0 Å². The van der Waals surface area contributed by atoms with E-state index in [-0.39, 0.29) is 5.91 Å². The molecular formula is C25H23N3O. The van der Waals surface area contributed by atoms with E-state index >= 15 is 0 Å². The molecule has 0 radical (unpaired) electrons. The van der Waals surface area contributed by atoms with E-state index in [1.165, 1.54) is 11.1 Å². The molecule has 0 aliphatic heterocycles. The SMILES string of the molecule is Cc1cc(N)c2cc(NC(=O)c3ccc(CCc4ccccc4)cc3)ccc2n1. The number of hydrogen-bond donors (Lipinski definition) is 2. The number of rotatable bonds is 5. The molecule has 0 spiro atoms. The number of nitrogens with two attached hydrogens (primary N) is 1. The Labute approximate surface area is 170 Å². The summed E-state index contributed by atoms with van der Waals surface area (Å²) in [6, 6.07) is 25.6. The van der Waals surface area contributed by atoms with E-state index in [0.29, 0.717) is 16.9 Å². The second-order valence-corrected chi connectivity index (χ2v) is 7.22. The maximum atomic E-state index is 12.6. The third-order valence-corrected chi connectivity index (χ3v) is 4.99. The standard InChI is InChI=1S/C25H23N3O/c1-17-15-23(26)22-16-21(13-14-24(22)27-17)28-25(29)20-11-9-19(10-12-20)8-7-18-5-3-2-4-6-18/h2-6,9-16H,7-8H2,1H3,(H2,26,27)(H,28,29). The van der Waals surface area contributed by atoms with Crippen LogP contribution in [-0.4, -0.2) is 10.9 Å². The molecule has 0 unspecified atom stereocenters. The number of hydrogen-bond acceptors (Lipinski definition) is 3. The average molecular weight is 381 g/mol. The van der Waals surface area contributed by atoms with Gasteiger partial charge in [-0.25, -0.2) is 0 Å². The van der Waals surface area contributed by atoms with Gasteiger partial charge >= 0.3 is 0 Å². The second-order valence-electron chi connectivity index (χ2n) is 7.22. The Hall–Kier alpha value is -3.66. The molecule has 4 nitrogen and oxygen atoms in total. The molecule has 0 fully saturated rings. The van der Waals surface area contributed by atoms with Gasteiger partial charge in [-0.3, -0.25) is 9.78 Å². The van der Waals surface area contributed by atoms with Gasteiger partial charge in [0.05, 0.1) is 5.52 Å². The molecule has 144 valence electrons. The minimum absolute atomic E-state index is 0.141. The highest BCUT2D eigenvalue weighted by Gasteiger charge is 2.08. The third kappa shape index (κ3) is 4.43. The fourth-order valence-corrected chi connectivity index (χ4v) is 3.43. The van der Waals surface area contributed by atoms with Gasteiger partial charge in [0.25, 0.3) is 5.91 Å². The highest BCUT2D eigenvalue weighted by molar-refractivity contribution is 6.05. The van der Waals surface area contributed by atoms with Crippen LogP contribution in [0.15, 0.2) is 78.9 Å². The molecule has 1 aromatic heterocycles. The Morgan fingerprint density at radius 1 is 0.897 bits per heavy atom. The van der Waals surface area contributed by atoms with Crippen molar-refractivity contribution in [2.45, 2.75) is 19.8 Å². The van der Waals surface area contributed by atoms with Crippen LogP contribution in [0.3, 0.4) is 0 Å². The van der Waals surface area contributed by atoms with Crippen molar-refractivity contribution in [1.29, 1.82) is 0 Å². The van der Waals surface area contributed by atoms with E-state index in [4.69, 9.17) is 5.73 Å². The number of aromatic nitrogens is 1. The topological polar surface area (TPSA) is 68.0 Å². The number of aryl methyl sites for hydroxylation is 3. The van der Waals surface area contributed by atoms with Crippen LogP contribution in [0.25, 0.3) is 10.9 Å². The Kier molecular flexibility index (Phi) is 5.25. The number of anilines is 2. The molecule has 0 saturated heterocycles. The largest absolute Gasteiger partial charge is 0.398 e. The van der Waals surface area contributed by atoms with Gasteiger partial charge in [0.15, 0.2) is 0 Å². The van der Waals surface area contributed by atoms with Gasteiger partial charge in [-0.2, -0.15) is 0 Å². The molecule has 0 aliphatic rings. The van der Waals surface area contributed by atoms with Crippen LogP contribution in [-0.2, 0) is 12.8 Å². The highest BCUT2D eigenvalue weighted by atomic mass is 16.1. The predicted octanol–water partition coefficient (Wildman–Crippen LogP) is 5.16. The summed E-state index contributed by atoms with van der Waals surface area (Å²) in [4.78, 5) is 17.1. The zero-order valence-corrected chi connectivity index (χ0v) is 16.4. The van der Waals surface area contributed by atoms with Gasteiger partial charge in [-0.15, -0.1) is 0 Å². The zero-order chi connectivity index (χ0) is 20.2. The summed E-state index contributed by atoms with van der Waals surface area (Å²) in [5, 5.41) is 3.78. The van der Waals surface area contributed by atoms with E-state index < -0.39 is 0 Å². The molecule has 29 heavy (non-hydrogen) atoms. The summed E-state index contributed by atoms with van der Waals surface area (Å²) in [6.45, 7) is 1.91. The zero-order valence-electron chi connectivity index (χ0n) is 16.4. The molecular weight excluding hydrogens is 358 g/mol. The maximum absolute atomic E-state index is 12.6. The molecule has 1 amide bonds. The fourth-order valence-electron chi connectivity index (χ4n) is 3.43. The van der Waals surface area contributed by atoms with Crippen LogP contribution in [0.4, 0.5) is 11.4 Å². The summed E-state index contributed by atoms with van der Waals surface area (Å²) in [7, 11) is 0. The monoisotopic (exact) mass is 381 g/mol. The summed E-state index contributed by atoms with van der Waals surface area (Å²) in [5.41, 5.74) is 12.3. The quantitative estimate of drug-likeness (QED) is 0.501. The van der Waals surface area contributed by atoms with Crippen LogP contribution in [0.1, 0.15) is 27.2 Å². The van der Waals surface area contributed by atoms with Gasteiger partial charge in [-0.05, 0) is 67.3 Å². The first-order valence-electron chi connectivity index (χ1n) is 9.69. The summed E-state index contributed by atoms with van der Waals surface area (Å²) < 4.78 is 0. The lowest BCUT2D eigenvalue weighted by atomic mass is 10.0.